The molecule has 1 aromatic heterocycles. The molecule has 1 aliphatic rings. The molecule has 3 N–H and O–H groups in total. The lowest BCUT2D eigenvalue weighted by molar-refractivity contribution is -0.119. The Labute approximate surface area is 109 Å². The Kier molecular flexibility index (Phi) is 4.56. The first-order valence-corrected chi connectivity index (χ1v) is 6.76. The topological polar surface area (TPSA) is 100 Å². The lowest BCUT2D eigenvalue weighted by Crippen LogP contribution is -2.41. The van der Waals surface area contributed by atoms with Crippen molar-refractivity contribution in [2.45, 2.75) is 30.1 Å². The molecular weight excluding hydrogens is 256 g/mol. The van der Waals surface area contributed by atoms with Crippen LogP contribution in [-0.2, 0) is 4.79 Å². The van der Waals surface area contributed by atoms with Crippen LogP contribution in [0.3, 0.4) is 0 Å². The molecule has 0 saturated heterocycles. The van der Waals surface area contributed by atoms with Gasteiger partial charge in [-0.25, -0.2) is 0 Å². The minimum absolute atomic E-state index is 0.196. The molecule has 0 atom stereocenters. The van der Waals surface area contributed by atoms with Gasteiger partial charge in [0.25, 0.3) is 0 Å². The van der Waals surface area contributed by atoms with E-state index in [9.17, 15) is 4.79 Å². The highest BCUT2D eigenvalue weighted by Gasteiger charge is 2.26. The van der Waals surface area contributed by atoms with Gasteiger partial charge in [0.2, 0.25) is 5.91 Å². The average Bonchev–Trinajstić information content (AvgIpc) is 3.12. The normalized spacial score (nSPS) is 15.1. The Morgan fingerprint density at radius 2 is 2.28 bits per heavy atom. The zero-order chi connectivity index (χ0) is 13.0. The lowest BCUT2D eigenvalue weighted by atomic mass is 10.3. The molecule has 0 unspecified atom stereocenters. The predicted octanol–water partition coefficient (Wildman–Crippen LogP) is -0.826. The third kappa shape index (κ3) is 3.44. The first-order chi connectivity index (χ1) is 8.74. The molecule has 7 nitrogen and oxygen atoms in total. The fourth-order valence-corrected chi connectivity index (χ4v) is 2.28. The maximum absolute atomic E-state index is 11.6. The van der Waals surface area contributed by atoms with Crippen LogP contribution in [0.5, 0.6) is 0 Å². The summed E-state index contributed by atoms with van der Waals surface area (Å²) in [6, 6.07) is -0.118. The standard InChI is InChI=1S/C10H16N4O3S/c15-3-7(4-16)12-9(17)5-18-10-13-11-6-14(10)8-1-2-8/h6-8,15-16H,1-5H2,(H,12,17). The number of nitrogens with zero attached hydrogens (tertiary/aromatic N) is 3. The van der Waals surface area contributed by atoms with Crippen LogP contribution in [0, 0.1) is 0 Å². The van der Waals surface area contributed by atoms with Crippen LogP contribution in [-0.4, -0.2) is 55.9 Å². The minimum atomic E-state index is -0.598. The zero-order valence-electron chi connectivity index (χ0n) is 9.82. The van der Waals surface area contributed by atoms with Crippen LogP contribution in [0.15, 0.2) is 11.5 Å². The highest BCUT2D eigenvalue weighted by Crippen LogP contribution is 2.37. The van der Waals surface area contributed by atoms with Crippen molar-refractivity contribution in [3.05, 3.63) is 6.33 Å². The second kappa shape index (κ2) is 6.17. The third-order valence-corrected chi connectivity index (χ3v) is 3.58. The number of hydrogen-bond donors (Lipinski definition) is 3. The fourth-order valence-electron chi connectivity index (χ4n) is 1.49. The Morgan fingerprint density at radius 3 is 2.89 bits per heavy atom. The molecule has 0 bridgehead atoms. The Balaban J connectivity index is 1.80. The van der Waals surface area contributed by atoms with Gasteiger partial charge in [-0.2, -0.15) is 0 Å². The van der Waals surface area contributed by atoms with Crippen molar-refractivity contribution in [3.8, 4) is 0 Å². The van der Waals surface area contributed by atoms with Crippen molar-refractivity contribution in [1.29, 1.82) is 0 Å². The maximum atomic E-state index is 11.6. The molecule has 0 aromatic carbocycles. The van der Waals surface area contributed by atoms with Crippen LogP contribution in [0.4, 0.5) is 0 Å². The number of carbonyl (C=O) groups excluding carboxylic acids is 1. The van der Waals surface area contributed by atoms with Gasteiger partial charge >= 0.3 is 0 Å². The van der Waals surface area contributed by atoms with E-state index in [1.54, 1.807) is 6.33 Å². The van der Waals surface area contributed by atoms with Gasteiger partial charge in [0.05, 0.1) is 25.0 Å². The highest BCUT2D eigenvalue weighted by atomic mass is 32.2. The van der Waals surface area contributed by atoms with E-state index in [2.05, 4.69) is 15.5 Å². The number of carbonyl (C=O) groups is 1. The van der Waals surface area contributed by atoms with E-state index in [4.69, 9.17) is 10.2 Å². The maximum Gasteiger partial charge on any atom is 0.230 e. The summed E-state index contributed by atoms with van der Waals surface area (Å²) in [5, 5.41) is 28.7. The van der Waals surface area contributed by atoms with Crippen LogP contribution in [0.25, 0.3) is 0 Å². The second-order valence-corrected chi connectivity index (χ2v) is 5.11. The number of amides is 1. The second-order valence-electron chi connectivity index (χ2n) is 4.17. The molecule has 8 heteroatoms. The minimum Gasteiger partial charge on any atom is -0.394 e. The molecule has 1 aromatic rings. The quantitative estimate of drug-likeness (QED) is 0.560. The van der Waals surface area contributed by atoms with Gasteiger partial charge in [0.1, 0.15) is 6.33 Å². The summed E-state index contributed by atoms with van der Waals surface area (Å²) in [6.45, 7) is -0.545. The number of aliphatic hydroxyl groups excluding tert-OH is 2. The molecule has 1 saturated carbocycles. The van der Waals surface area contributed by atoms with Crippen LogP contribution in [0.1, 0.15) is 18.9 Å². The highest BCUT2D eigenvalue weighted by molar-refractivity contribution is 7.99. The molecule has 1 aliphatic carbocycles. The van der Waals surface area contributed by atoms with Crippen LogP contribution in [0.2, 0.25) is 0 Å². The van der Waals surface area contributed by atoms with Gasteiger partial charge in [-0.15, -0.1) is 10.2 Å². The fraction of sp³-hybridized carbons (Fsp3) is 0.700. The Morgan fingerprint density at radius 1 is 1.56 bits per heavy atom. The monoisotopic (exact) mass is 272 g/mol. The number of hydrogen-bond acceptors (Lipinski definition) is 6. The largest absolute Gasteiger partial charge is 0.394 e. The molecule has 0 radical (unpaired) electrons. The van der Waals surface area contributed by atoms with Crippen LogP contribution < -0.4 is 5.32 Å². The van der Waals surface area contributed by atoms with E-state index in [0.717, 1.165) is 18.0 Å². The number of rotatable bonds is 7. The van der Waals surface area contributed by atoms with Crippen molar-refractivity contribution >= 4 is 17.7 Å². The molecule has 1 fully saturated rings. The Hall–Kier alpha value is -1.12. The number of aromatic nitrogens is 3. The summed E-state index contributed by atoms with van der Waals surface area (Å²) in [7, 11) is 0. The SMILES string of the molecule is O=C(CSc1nncn1C1CC1)NC(CO)CO. The van der Waals surface area contributed by atoms with Gasteiger partial charge in [0.15, 0.2) is 5.16 Å². The molecular formula is C10H16N4O3S. The van der Waals surface area contributed by atoms with E-state index >= 15 is 0 Å². The van der Waals surface area contributed by atoms with Gasteiger partial charge in [-0.1, -0.05) is 11.8 Å². The lowest BCUT2D eigenvalue weighted by Gasteiger charge is -2.12. The van der Waals surface area contributed by atoms with E-state index in [1.165, 1.54) is 11.8 Å². The van der Waals surface area contributed by atoms with Crippen molar-refractivity contribution in [1.82, 2.24) is 20.1 Å². The van der Waals surface area contributed by atoms with Crippen molar-refractivity contribution in [2.24, 2.45) is 0 Å². The van der Waals surface area contributed by atoms with E-state index in [-0.39, 0.29) is 24.9 Å². The van der Waals surface area contributed by atoms with Gasteiger partial charge < -0.3 is 20.1 Å². The summed E-state index contributed by atoms with van der Waals surface area (Å²) in [6.07, 6.45) is 3.95. The molecule has 0 spiro atoms. The molecule has 0 aliphatic heterocycles. The first-order valence-electron chi connectivity index (χ1n) is 5.78. The number of nitrogens with one attached hydrogen (secondary N) is 1. The Bertz CT molecular complexity index is 404. The molecule has 1 heterocycles. The number of thioether (sulfide) groups is 1. The van der Waals surface area contributed by atoms with E-state index in [1.807, 2.05) is 4.57 Å². The molecule has 2 rings (SSSR count). The van der Waals surface area contributed by atoms with Crippen molar-refractivity contribution in [3.63, 3.8) is 0 Å². The number of aliphatic hydroxyl groups is 2. The van der Waals surface area contributed by atoms with Gasteiger partial charge in [0, 0.05) is 6.04 Å². The third-order valence-electron chi connectivity index (χ3n) is 2.62. The van der Waals surface area contributed by atoms with E-state index in [0.29, 0.717) is 6.04 Å². The van der Waals surface area contributed by atoms with Gasteiger partial charge in [-0.05, 0) is 12.8 Å². The molecule has 1 amide bonds. The predicted molar refractivity (Wildman–Crippen MR) is 65.1 cm³/mol. The smallest absolute Gasteiger partial charge is 0.230 e. The summed E-state index contributed by atoms with van der Waals surface area (Å²) in [5.74, 6) is -0.0412. The van der Waals surface area contributed by atoms with Crippen LogP contribution >= 0.6 is 11.8 Å². The summed E-state index contributed by atoms with van der Waals surface area (Å²) < 4.78 is 1.98. The van der Waals surface area contributed by atoms with Crippen molar-refractivity contribution in [2.75, 3.05) is 19.0 Å². The average molecular weight is 272 g/mol. The summed E-state index contributed by atoms with van der Waals surface area (Å²) in [5.41, 5.74) is 0. The zero-order valence-corrected chi connectivity index (χ0v) is 10.6. The summed E-state index contributed by atoms with van der Waals surface area (Å²) >= 11 is 1.31. The molecule has 100 valence electrons. The summed E-state index contributed by atoms with van der Waals surface area (Å²) in [4.78, 5) is 11.6. The van der Waals surface area contributed by atoms with E-state index < -0.39 is 6.04 Å². The van der Waals surface area contributed by atoms with Gasteiger partial charge in [-0.3, -0.25) is 4.79 Å². The first kappa shape index (κ1) is 13.3. The van der Waals surface area contributed by atoms with Crippen molar-refractivity contribution < 1.29 is 15.0 Å². The molecule has 18 heavy (non-hydrogen) atoms.